The summed E-state index contributed by atoms with van der Waals surface area (Å²) in [6, 6.07) is 9.76. The van der Waals surface area contributed by atoms with E-state index in [0.717, 1.165) is 6.04 Å². The number of nitrogens with one attached hydrogen (secondary N) is 1. The predicted molar refractivity (Wildman–Crippen MR) is 86.4 cm³/mol. The van der Waals surface area contributed by atoms with Gasteiger partial charge in [0.2, 0.25) is 0 Å². The van der Waals surface area contributed by atoms with Crippen molar-refractivity contribution in [1.29, 1.82) is 0 Å². The number of nitrogens with zero attached hydrogens (tertiary/aromatic N) is 1. The molecule has 2 heteroatoms. The summed E-state index contributed by atoms with van der Waals surface area (Å²) in [6.45, 7) is 8.31. The van der Waals surface area contributed by atoms with Gasteiger partial charge in [0.15, 0.2) is 0 Å². The maximum atomic E-state index is 3.77. The van der Waals surface area contributed by atoms with Crippen LogP contribution in [0, 0.1) is 5.41 Å². The van der Waals surface area contributed by atoms with E-state index in [1.807, 2.05) is 0 Å². The van der Waals surface area contributed by atoms with E-state index in [1.54, 1.807) is 0 Å². The number of benzene rings is 1. The van der Waals surface area contributed by atoms with Crippen molar-refractivity contribution in [2.75, 3.05) is 24.5 Å². The third-order valence-corrected chi connectivity index (χ3v) is 5.35. The van der Waals surface area contributed by atoms with Crippen molar-refractivity contribution >= 4 is 5.69 Å². The van der Waals surface area contributed by atoms with E-state index in [9.17, 15) is 0 Å². The van der Waals surface area contributed by atoms with Crippen LogP contribution >= 0.6 is 0 Å². The van der Waals surface area contributed by atoms with Crippen LogP contribution < -0.4 is 10.2 Å². The second-order valence-corrected chi connectivity index (χ2v) is 6.66. The van der Waals surface area contributed by atoms with Crippen LogP contribution in [0.15, 0.2) is 24.3 Å². The molecule has 0 radical (unpaired) electrons. The normalized spacial score (nSPS) is 18.4. The van der Waals surface area contributed by atoms with Crippen molar-refractivity contribution in [3.8, 4) is 0 Å². The Morgan fingerprint density at radius 2 is 1.95 bits per heavy atom. The second-order valence-electron chi connectivity index (χ2n) is 6.66. The topological polar surface area (TPSA) is 15.3 Å². The fraction of sp³-hybridized carbons (Fsp3) is 0.667. The van der Waals surface area contributed by atoms with E-state index in [2.05, 4.69) is 48.3 Å². The average molecular weight is 272 g/mol. The molecule has 0 bridgehead atoms. The number of hydrogen-bond donors (Lipinski definition) is 1. The highest BCUT2D eigenvalue weighted by atomic mass is 15.2. The molecule has 0 saturated heterocycles. The number of fused-ring (bicyclic) bond motifs is 1. The summed E-state index contributed by atoms with van der Waals surface area (Å²) in [6.07, 6.45) is 6.52. The number of anilines is 1. The molecular formula is C18H28N2. The van der Waals surface area contributed by atoms with Gasteiger partial charge in [-0.2, -0.15) is 0 Å². The lowest BCUT2D eigenvalue weighted by Gasteiger charge is -2.37. The van der Waals surface area contributed by atoms with E-state index < -0.39 is 0 Å². The molecule has 1 aliphatic heterocycles. The number of para-hydroxylation sites is 1. The Morgan fingerprint density at radius 3 is 2.65 bits per heavy atom. The van der Waals surface area contributed by atoms with Crippen LogP contribution in [0.5, 0.6) is 0 Å². The summed E-state index contributed by atoms with van der Waals surface area (Å²) >= 11 is 0. The van der Waals surface area contributed by atoms with E-state index >= 15 is 0 Å². The van der Waals surface area contributed by atoms with Gasteiger partial charge in [0.1, 0.15) is 0 Å². The van der Waals surface area contributed by atoms with Crippen LogP contribution in [0.4, 0.5) is 5.69 Å². The van der Waals surface area contributed by atoms with E-state index in [4.69, 9.17) is 0 Å². The molecule has 1 aromatic rings. The summed E-state index contributed by atoms with van der Waals surface area (Å²) in [4.78, 5) is 2.62. The van der Waals surface area contributed by atoms with Gasteiger partial charge in [-0.3, -0.25) is 0 Å². The third kappa shape index (κ3) is 2.85. The van der Waals surface area contributed by atoms with Gasteiger partial charge >= 0.3 is 0 Å². The molecule has 3 rings (SSSR count). The van der Waals surface area contributed by atoms with Gasteiger partial charge < -0.3 is 10.2 Å². The molecule has 1 saturated carbocycles. The minimum Gasteiger partial charge on any atom is -0.370 e. The largest absolute Gasteiger partial charge is 0.370 e. The van der Waals surface area contributed by atoms with Crippen molar-refractivity contribution < 1.29 is 0 Å². The molecule has 1 aliphatic carbocycles. The zero-order chi connectivity index (χ0) is 14.0. The predicted octanol–water partition coefficient (Wildman–Crippen LogP) is 3.61. The summed E-state index contributed by atoms with van der Waals surface area (Å²) in [5.74, 6) is 0. The van der Waals surface area contributed by atoms with Crippen LogP contribution in [-0.2, 0) is 6.42 Å². The van der Waals surface area contributed by atoms with Crippen LogP contribution in [0.3, 0.4) is 0 Å². The van der Waals surface area contributed by atoms with Crippen molar-refractivity contribution in [1.82, 2.24) is 5.32 Å². The van der Waals surface area contributed by atoms with Crippen molar-refractivity contribution in [2.45, 2.75) is 52.0 Å². The maximum Gasteiger partial charge on any atom is 0.0399 e. The molecule has 0 atom stereocenters. The second kappa shape index (κ2) is 5.77. The quantitative estimate of drug-likeness (QED) is 0.816. The van der Waals surface area contributed by atoms with Gasteiger partial charge in [-0.25, -0.2) is 0 Å². The molecule has 0 aromatic heterocycles. The highest BCUT2D eigenvalue weighted by molar-refractivity contribution is 5.57. The Hall–Kier alpha value is -1.02. The zero-order valence-corrected chi connectivity index (χ0v) is 13.0. The average Bonchev–Trinajstić information content (AvgIpc) is 3.25. The Morgan fingerprint density at radius 1 is 1.20 bits per heavy atom. The third-order valence-electron chi connectivity index (χ3n) is 5.35. The molecule has 1 N–H and O–H groups in total. The van der Waals surface area contributed by atoms with Gasteiger partial charge in [0.25, 0.3) is 0 Å². The lowest BCUT2D eigenvalue weighted by Crippen LogP contribution is -2.43. The molecule has 110 valence electrons. The first kappa shape index (κ1) is 13.9. The minimum atomic E-state index is 0.431. The van der Waals surface area contributed by atoms with Crippen LogP contribution in [0.25, 0.3) is 0 Å². The molecule has 2 nitrogen and oxygen atoms in total. The van der Waals surface area contributed by atoms with Gasteiger partial charge in [0.05, 0.1) is 0 Å². The highest BCUT2D eigenvalue weighted by Crippen LogP contribution is 2.34. The van der Waals surface area contributed by atoms with Gasteiger partial charge in [-0.1, -0.05) is 32.0 Å². The summed E-state index contributed by atoms with van der Waals surface area (Å²) in [5.41, 5.74) is 3.44. The zero-order valence-electron chi connectivity index (χ0n) is 13.0. The SMILES string of the molecule is CCC(CC)(CNC1CC1)CN1CCc2ccccc21. The smallest absolute Gasteiger partial charge is 0.0399 e. The molecular weight excluding hydrogens is 244 g/mol. The monoisotopic (exact) mass is 272 g/mol. The van der Waals surface area contributed by atoms with Crippen LogP contribution in [-0.4, -0.2) is 25.7 Å². The fourth-order valence-corrected chi connectivity index (χ4v) is 3.40. The molecule has 0 unspecified atom stereocenters. The summed E-state index contributed by atoms with van der Waals surface area (Å²) in [5, 5.41) is 3.77. The van der Waals surface area contributed by atoms with Gasteiger partial charge in [-0.15, -0.1) is 0 Å². The molecule has 0 amide bonds. The summed E-state index contributed by atoms with van der Waals surface area (Å²) < 4.78 is 0. The first-order valence-electron chi connectivity index (χ1n) is 8.32. The lowest BCUT2D eigenvalue weighted by atomic mass is 9.81. The molecule has 20 heavy (non-hydrogen) atoms. The first-order chi connectivity index (χ1) is 9.76. The van der Waals surface area contributed by atoms with Gasteiger partial charge in [0, 0.05) is 31.4 Å². The van der Waals surface area contributed by atoms with E-state index in [1.165, 1.54) is 63.0 Å². The maximum absolute atomic E-state index is 3.77. The Labute approximate surface area is 123 Å². The van der Waals surface area contributed by atoms with E-state index in [0.29, 0.717) is 5.41 Å². The molecule has 1 fully saturated rings. The number of hydrogen-bond acceptors (Lipinski definition) is 2. The van der Waals surface area contributed by atoms with Crippen LogP contribution in [0.2, 0.25) is 0 Å². The molecule has 1 heterocycles. The standard InChI is InChI=1S/C18H28N2/c1-3-18(4-2,13-19-16-9-10-16)14-20-12-11-15-7-5-6-8-17(15)20/h5-8,16,19H,3-4,9-14H2,1-2H3. The first-order valence-corrected chi connectivity index (χ1v) is 8.32. The van der Waals surface area contributed by atoms with Crippen molar-refractivity contribution in [3.63, 3.8) is 0 Å². The minimum absolute atomic E-state index is 0.431. The lowest BCUT2D eigenvalue weighted by molar-refractivity contribution is 0.252. The fourth-order valence-electron chi connectivity index (χ4n) is 3.40. The van der Waals surface area contributed by atoms with Crippen molar-refractivity contribution in [2.24, 2.45) is 5.41 Å². The van der Waals surface area contributed by atoms with Crippen LogP contribution in [0.1, 0.15) is 45.1 Å². The number of rotatable bonds is 7. The van der Waals surface area contributed by atoms with E-state index in [-0.39, 0.29) is 0 Å². The Balaban J connectivity index is 1.69. The van der Waals surface area contributed by atoms with Crippen molar-refractivity contribution in [3.05, 3.63) is 29.8 Å². The molecule has 1 aromatic carbocycles. The van der Waals surface area contributed by atoms with Gasteiger partial charge in [-0.05, 0) is 49.1 Å². The molecule has 0 spiro atoms. The Bertz CT molecular complexity index is 446. The highest BCUT2D eigenvalue weighted by Gasteiger charge is 2.33. The summed E-state index contributed by atoms with van der Waals surface area (Å²) in [7, 11) is 0. The Kier molecular flexibility index (Phi) is 4.02. The molecule has 2 aliphatic rings.